The first kappa shape index (κ1) is 16.4. The minimum atomic E-state index is 0.0188. The molecule has 0 spiro atoms. The predicted molar refractivity (Wildman–Crippen MR) is 96.3 cm³/mol. The molecule has 110 valence electrons. The number of amides is 1. The van der Waals surface area contributed by atoms with Gasteiger partial charge in [-0.3, -0.25) is 4.79 Å². The molecule has 0 N–H and O–H groups in total. The quantitative estimate of drug-likeness (QED) is 0.390. The zero-order valence-electron chi connectivity index (χ0n) is 11.8. The van der Waals surface area contributed by atoms with Gasteiger partial charge in [0.1, 0.15) is 12.4 Å². The van der Waals surface area contributed by atoms with E-state index in [1.807, 2.05) is 25.2 Å². The topological polar surface area (TPSA) is 29.5 Å². The van der Waals surface area contributed by atoms with E-state index in [4.69, 9.17) is 4.74 Å². The number of carbonyl (C=O) groups is 1. The fourth-order valence-corrected chi connectivity index (χ4v) is 3.29. The van der Waals surface area contributed by atoms with Crippen molar-refractivity contribution in [2.24, 2.45) is 0 Å². The van der Waals surface area contributed by atoms with E-state index in [2.05, 4.69) is 56.4 Å². The van der Waals surface area contributed by atoms with Crippen LogP contribution in [0.15, 0.2) is 28.7 Å². The molecule has 1 amide bonds. The molecular formula is C16H15BrINO2. The molecule has 0 aliphatic carbocycles. The number of carbonyl (C=O) groups excluding carboxylic acids is 1. The van der Waals surface area contributed by atoms with E-state index in [1.54, 1.807) is 11.8 Å². The second-order valence-electron chi connectivity index (χ2n) is 4.55. The molecular weight excluding hydrogens is 445 g/mol. The second-order valence-corrected chi connectivity index (χ2v) is 6.90. The number of halogens is 2. The number of ether oxygens (including phenoxy) is 1. The average molecular weight is 460 g/mol. The Hall–Kier alpha value is -1.00. The van der Waals surface area contributed by atoms with Gasteiger partial charge < -0.3 is 9.64 Å². The lowest BCUT2D eigenvalue weighted by Crippen LogP contribution is -2.35. The Labute approximate surface area is 147 Å². The van der Waals surface area contributed by atoms with Crippen LogP contribution in [0.1, 0.15) is 18.9 Å². The zero-order valence-corrected chi connectivity index (χ0v) is 15.6. The molecule has 1 aliphatic rings. The van der Waals surface area contributed by atoms with Gasteiger partial charge in [0, 0.05) is 22.8 Å². The van der Waals surface area contributed by atoms with E-state index >= 15 is 0 Å². The van der Waals surface area contributed by atoms with Crippen molar-refractivity contribution in [1.82, 2.24) is 4.90 Å². The average Bonchev–Trinajstić information content (AvgIpc) is 2.46. The minimum absolute atomic E-state index is 0.0188. The van der Waals surface area contributed by atoms with Gasteiger partial charge in [0.05, 0.1) is 3.92 Å². The Bertz CT molecular complexity index is 645. The SMILES string of the molecule is CC#CCOc1ccc(C2=CCC(I)C(=O)N2C)c(Br)c1. The molecule has 1 unspecified atom stereocenters. The lowest BCUT2D eigenvalue weighted by Gasteiger charge is -2.28. The van der Waals surface area contributed by atoms with E-state index < -0.39 is 0 Å². The van der Waals surface area contributed by atoms with E-state index in [0.717, 1.165) is 27.9 Å². The lowest BCUT2D eigenvalue weighted by atomic mass is 10.0. The molecule has 1 heterocycles. The van der Waals surface area contributed by atoms with Gasteiger partial charge in [-0.2, -0.15) is 0 Å². The Balaban J connectivity index is 2.24. The molecule has 0 aromatic heterocycles. The Morgan fingerprint density at radius 3 is 2.95 bits per heavy atom. The first-order chi connectivity index (χ1) is 10.0. The summed E-state index contributed by atoms with van der Waals surface area (Å²) in [6, 6.07) is 5.76. The van der Waals surface area contributed by atoms with E-state index in [0.29, 0.717) is 6.61 Å². The van der Waals surface area contributed by atoms with Crippen molar-refractivity contribution in [2.45, 2.75) is 17.3 Å². The molecule has 1 aromatic carbocycles. The first-order valence-corrected chi connectivity index (χ1v) is 8.52. The summed E-state index contributed by atoms with van der Waals surface area (Å²) in [6.45, 7) is 2.16. The van der Waals surface area contributed by atoms with Gasteiger partial charge in [0.25, 0.3) is 0 Å². The standard InChI is InChI=1S/C16H15BrINO2/c1-3-4-9-21-11-5-6-12(13(17)10-11)15-8-7-14(18)16(20)19(15)2/h5-6,8,10,14H,7,9H2,1-2H3. The maximum absolute atomic E-state index is 12.1. The molecule has 0 saturated carbocycles. The molecule has 1 aromatic rings. The molecule has 0 radical (unpaired) electrons. The van der Waals surface area contributed by atoms with Crippen LogP contribution in [0, 0.1) is 11.8 Å². The minimum Gasteiger partial charge on any atom is -0.481 e. The molecule has 2 rings (SSSR count). The van der Waals surface area contributed by atoms with Crippen molar-refractivity contribution in [3.05, 3.63) is 34.3 Å². The number of nitrogens with zero attached hydrogens (tertiary/aromatic N) is 1. The second kappa shape index (κ2) is 7.32. The van der Waals surface area contributed by atoms with Crippen LogP contribution in [-0.4, -0.2) is 28.4 Å². The van der Waals surface area contributed by atoms with Gasteiger partial charge in [-0.25, -0.2) is 0 Å². The molecule has 0 saturated heterocycles. The summed E-state index contributed by atoms with van der Waals surface area (Å²) >= 11 is 5.74. The Morgan fingerprint density at radius 1 is 1.52 bits per heavy atom. The third kappa shape index (κ3) is 3.80. The van der Waals surface area contributed by atoms with Crippen molar-refractivity contribution in [3.8, 4) is 17.6 Å². The summed E-state index contributed by atoms with van der Waals surface area (Å²) in [5, 5.41) is 0. The highest BCUT2D eigenvalue weighted by Crippen LogP contribution is 2.33. The van der Waals surface area contributed by atoms with Crippen molar-refractivity contribution in [3.63, 3.8) is 0 Å². The van der Waals surface area contributed by atoms with Crippen LogP contribution < -0.4 is 4.74 Å². The fourth-order valence-electron chi connectivity index (χ4n) is 2.06. The molecule has 5 heteroatoms. The first-order valence-electron chi connectivity index (χ1n) is 6.48. The number of alkyl halides is 1. The number of hydrogen-bond acceptors (Lipinski definition) is 2. The maximum Gasteiger partial charge on any atom is 0.240 e. The highest BCUT2D eigenvalue weighted by molar-refractivity contribution is 14.1. The normalized spacial score (nSPS) is 17.9. The van der Waals surface area contributed by atoms with E-state index in [-0.39, 0.29) is 9.83 Å². The van der Waals surface area contributed by atoms with Crippen LogP contribution >= 0.6 is 38.5 Å². The van der Waals surface area contributed by atoms with Crippen LogP contribution in [0.25, 0.3) is 5.70 Å². The van der Waals surface area contributed by atoms with Crippen molar-refractivity contribution >= 4 is 50.1 Å². The monoisotopic (exact) mass is 459 g/mol. The summed E-state index contributed by atoms with van der Waals surface area (Å²) in [5.41, 5.74) is 1.92. The number of hydrogen-bond donors (Lipinski definition) is 0. The summed E-state index contributed by atoms with van der Waals surface area (Å²) in [6.07, 6.45) is 2.86. The molecule has 1 atom stereocenters. The Morgan fingerprint density at radius 2 is 2.29 bits per heavy atom. The molecule has 1 aliphatic heterocycles. The van der Waals surface area contributed by atoms with Gasteiger partial charge in [-0.15, -0.1) is 5.92 Å². The third-order valence-corrected chi connectivity index (χ3v) is 4.88. The molecule has 21 heavy (non-hydrogen) atoms. The number of allylic oxidation sites excluding steroid dienone is 1. The third-order valence-electron chi connectivity index (χ3n) is 3.18. The largest absolute Gasteiger partial charge is 0.481 e. The van der Waals surface area contributed by atoms with Crippen LogP contribution in [0.2, 0.25) is 0 Å². The molecule has 3 nitrogen and oxygen atoms in total. The van der Waals surface area contributed by atoms with Gasteiger partial charge in [0.15, 0.2) is 0 Å². The van der Waals surface area contributed by atoms with Gasteiger partial charge >= 0.3 is 0 Å². The van der Waals surface area contributed by atoms with Gasteiger partial charge in [-0.1, -0.05) is 34.6 Å². The van der Waals surface area contributed by atoms with Crippen molar-refractivity contribution < 1.29 is 9.53 Å². The smallest absolute Gasteiger partial charge is 0.240 e. The molecule has 0 fully saturated rings. The Kier molecular flexibility index (Phi) is 5.71. The summed E-state index contributed by atoms with van der Waals surface area (Å²) in [4.78, 5) is 13.8. The highest BCUT2D eigenvalue weighted by Gasteiger charge is 2.27. The van der Waals surface area contributed by atoms with Crippen molar-refractivity contribution in [1.29, 1.82) is 0 Å². The fraction of sp³-hybridized carbons (Fsp3) is 0.312. The maximum atomic E-state index is 12.1. The van der Waals surface area contributed by atoms with E-state index in [9.17, 15) is 4.79 Å². The summed E-state index contributed by atoms with van der Waals surface area (Å²) in [7, 11) is 1.81. The summed E-state index contributed by atoms with van der Waals surface area (Å²) in [5.74, 6) is 6.54. The lowest BCUT2D eigenvalue weighted by molar-refractivity contribution is -0.126. The van der Waals surface area contributed by atoms with Crippen LogP contribution in [-0.2, 0) is 4.79 Å². The van der Waals surface area contributed by atoms with Crippen molar-refractivity contribution in [2.75, 3.05) is 13.7 Å². The number of rotatable bonds is 3. The van der Waals surface area contributed by atoms with Gasteiger partial charge in [0.2, 0.25) is 5.91 Å². The summed E-state index contributed by atoms with van der Waals surface area (Å²) < 4.78 is 6.45. The zero-order chi connectivity index (χ0) is 15.4. The predicted octanol–water partition coefficient (Wildman–Crippen LogP) is 3.86. The van der Waals surface area contributed by atoms with E-state index in [1.165, 1.54) is 0 Å². The molecule has 0 bridgehead atoms. The van der Waals surface area contributed by atoms with Gasteiger partial charge in [-0.05, 0) is 47.5 Å². The van der Waals surface area contributed by atoms with Crippen LogP contribution in [0.3, 0.4) is 0 Å². The van der Waals surface area contributed by atoms with Crippen LogP contribution in [0.4, 0.5) is 0 Å². The highest BCUT2D eigenvalue weighted by atomic mass is 127. The van der Waals surface area contributed by atoms with Crippen LogP contribution in [0.5, 0.6) is 5.75 Å². The number of benzene rings is 1.